The summed E-state index contributed by atoms with van der Waals surface area (Å²) < 4.78 is 5.75. The smallest absolute Gasteiger partial charge is 0.262 e. The maximum Gasteiger partial charge on any atom is 0.262 e. The van der Waals surface area contributed by atoms with Crippen LogP contribution >= 0.6 is 0 Å². The van der Waals surface area contributed by atoms with E-state index in [2.05, 4.69) is 22.8 Å². The van der Waals surface area contributed by atoms with Crippen molar-refractivity contribution in [3.8, 4) is 5.75 Å². The predicted octanol–water partition coefficient (Wildman–Crippen LogP) is 3.65. The Hall–Kier alpha value is -3.60. The largest absolute Gasteiger partial charge is 0.483 e. The molecule has 0 radical (unpaired) electrons. The molecule has 0 aromatic heterocycles. The van der Waals surface area contributed by atoms with Crippen molar-refractivity contribution >= 4 is 17.5 Å². The molecule has 142 valence electrons. The number of anilines is 1. The van der Waals surface area contributed by atoms with Crippen molar-refractivity contribution in [1.82, 2.24) is 5.32 Å². The van der Waals surface area contributed by atoms with Gasteiger partial charge in [-0.15, -0.1) is 0 Å². The fourth-order valence-corrected chi connectivity index (χ4v) is 2.80. The topological polar surface area (TPSA) is 67.4 Å². The van der Waals surface area contributed by atoms with Gasteiger partial charge in [0.25, 0.3) is 11.8 Å². The van der Waals surface area contributed by atoms with Gasteiger partial charge in [-0.25, -0.2) is 0 Å². The second kappa shape index (κ2) is 9.37. The van der Waals surface area contributed by atoms with Crippen LogP contribution in [0.5, 0.6) is 5.75 Å². The SMILES string of the molecule is CNC(=O)c1ccc(NC(=O)COc2ccccc2Cc2ccccc2)cc1. The lowest BCUT2D eigenvalue weighted by Gasteiger charge is -2.12. The van der Waals surface area contributed by atoms with Crippen LogP contribution in [0.25, 0.3) is 0 Å². The van der Waals surface area contributed by atoms with Gasteiger partial charge in [0.2, 0.25) is 0 Å². The van der Waals surface area contributed by atoms with Gasteiger partial charge in [0.1, 0.15) is 5.75 Å². The summed E-state index contributed by atoms with van der Waals surface area (Å²) in [5.41, 5.74) is 3.35. The van der Waals surface area contributed by atoms with Crippen molar-refractivity contribution in [3.63, 3.8) is 0 Å². The van der Waals surface area contributed by atoms with Crippen LogP contribution in [0.15, 0.2) is 78.9 Å². The third kappa shape index (κ3) is 5.20. The Bertz CT molecular complexity index is 938. The summed E-state index contributed by atoms with van der Waals surface area (Å²) >= 11 is 0. The Morgan fingerprint density at radius 2 is 1.54 bits per heavy atom. The first kappa shape index (κ1) is 19.2. The lowest BCUT2D eigenvalue weighted by Crippen LogP contribution is -2.21. The Morgan fingerprint density at radius 3 is 2.25 bits per heavy atom. The molecule has 28 heavy (non-hydrogen) atoms. The van der Waals surface area contributed by atoms with Gasteiger partial charge in [-0.2, -0.15) is 0 Å². The molecule has 0 saturated heterocycles. The molecular weight excluding hydrogens is 352 g/mol. The van der Waals surface area contributed by atoms with Crippen molar-refractivity contribution in [2.75, 3.05) is 19.0 Å². The zero-order chi connectivity index (χ0) is 19.8. The highest BCUT2D eigenvalue weighted by Gasteiger charge is 2.09. The van der Waals surface area contributed by atoms with E-state index >= 15 is 0 Å². The highest BCUT2D eigenvalue weighted by atomic mass is 16.5. The number of para-hydroxylation sites is 1. The quantitative estimate of drug-likeness (QED) is 0.663. The molecule has 0 bridgehead atoms. The Labute approximate surface area is 164 Å². The molecule has 2 amide bonds. The van der Waals surface area contributed by atoms with E-state index in [1.165, 1.54) is 5.56 Å². The molecule has 0 aliphatic rings. The van der Waals surface area contributed by atoms with Gasteiger partial charge in [0.05, 0.1) is 0 Å². The summed E-state index contributed by atoms with van der Waals surface area (Å²) in [6.07, 6.45) is 0.736. The minimum Gasteiger partial charge on any atom is -0.483 e. The molecule has 2 N–H and O–H groups in total. The molecule has 0 aliphatic heterocycles. The normalized spacial score (nSPS) is 10.2. The number of rotatable bonds is 7. The molecule has 0 saturated carbocycles. The average molecular weight is 374 g/mol. The highest BCUT2D eigenvalue weighted by molar-refractivity contribution is 5.95. The molecule has 0 fully saturated rings. The first-order chi connectivity index (χ1) is 13.7. The van der Waals surface area contributed by atoms with Gasteiger partial charge in [0, 0.05) is 24.7 Å². The molecule has 0 unspecified atom stereocenters. The van der Waals surface area contributed by atoms with Gasteiger partial charge < -0.3 is 15.4 Å². The van der Waals surface area contributed by atoms with Crippen LogP contribution in [-0.2, 0) is 11.2 Å². The molecule has 3 aromatic carbocycles. The highest BCUT2D eigenvalue weighted by Crippen LogP contribution is 2.21. The second-order valence-electron chi connectivity index (χ2n) is 6.26. The maximum absolute atomic E-state index is 12.2. The second-order valence-corrected chi connectivity index (χ2v) is 6.26. The monoisotopic (exact) mass is 374 g/mol. The molecule has 3 rings (SSSR count). The number of hydrogen-bond acceptors (Lipinski definition) is 3. The van der Waals surface area contributed by atoms with Crippen molar-refractivity contribution in [3.05, 3.63) is 95.6 Å². The van der Waals surface area contributed by atoms with E-state index < -0.39 is 0 Å². The summed E-state index contributed by atoms with van der Waals surface area (Å²) in [5, 5.41) is 5.33. The summed E-state index contributed by atoms with van der Waals surface area (Å²) in [4.78, 5) is 23.8. The molecule has 0 heterocycles. The van der Waals surface area contributed by atoms with Gasteiger partial charge in [-0.1, -0.05) is 48.5 Å². The average Bonchev–Trinajstić information content (AvgIpc) is 2.74. The minimum atomic E-state index is -0.262. The molecule has 3 aromatic rings. The molecular formula is C23H22N2O3. The standard InChI is InChI=1S/C23H22N2O3/c1-24-23(27)18-11-13-20(14-12-18)25-22(26)16-28-21-10-6-5-9-19(21)15-17-7-3-2-4-8-17/h2-14H,15-16H2,1H3,(H,24,27)(H,25,26). The lowest BCUT2D eigenvalue weighted by molar-refractivity contribution is -0.118. The minimum absolute atomic E-state index is 0.0942. The number of ether oxygens (including phenoxy) is 1. The van der Waals surface area contributed by atoms with Gasteiger partial charge in [-0.3, -0.25) is 9.59 Å². The first-order valence-electron chi connectivity index (χ1n) is 9.02. The van der Waals surface area contributed by atoms with E-state index in [0.29, 0.717) is 17.0 Å². The van der Waals surface area contributed by atoms with E-state index in [4.69, 9.17) is 4.74 Å². The van der Waals surface area contributed by atoms with Crippen molar-refractivity contribution in [2.45, 2.75) is 6.42 Å². The number of nitrogens with one attached hydrogen (secondary N) is 2. The van der Waals surface area contributed by atoms with Crippen LogP contribution in [0.2, 0.25) is 0 Å². The van der Waals surface area contributed by atoms with E-state index in [-0.39, 0.29) is 18.4 Å². The maximum atomic E-state index is 12.2. The van der Waals surface area contributed by atoms with Crippen molar-refractivity contribution in [2.24, 2.45) is 0 Å². The third-order valence-electron chi connectivity index (χ3n) is 4.23. The Balaban J connectivity index is 1.58. The zero-order valence-electron chi connectivity index (χ0n) is 15.6. The lowest BCUT2D eigenvalue weighted by atomic mass is 10.0. The van der Waals surface area contributed by atoms with Gasteiger partial charge in [0.15, 0.2) is 6.61 Å². The molecule has 5 heteroatoms. The van der Waals surface area contributed by atoms with Crippen molar-refractivity contribution < 1.29 is 14.3 Å². The fraction of sp³-hybridized carbons (Fsp3) is 0.130. The molecule has 0 spiro atoms. The fourth-order valence-electron chi connectivity index (χ4n) is 2.80. The van der Waals surface area contributed by atoms with E-state index in [1.54, 1.807) is 31.3 Å². The van der Waals surface area contributed by atoms with Crippen molar-refractivity contribution in [1.29, 1.82) is 0 Å². The molecule has 0 aliphatic carbocycles. The summed E-state index contributed by atoms with van der Waals surface area (Å²) in [7, 11) is 1.57. The number of benzene rings is 3. The molecule has 5 nitrogen and oxygen atoms in total. The summed E-state index contributed by atoms with van der Waals surface area (Å²) in [6.45, 7) is -0.0942. The van der Waals surface area contributed by atoms with Gasteiger partial charge in [-0.05, 0) is 41.5 Å². The summed E-state index contributed by atoms with van der Waals surface area (Å²) in [6, 6.07) is 24.5. The van der Waals surface area contributed by atoms with Crippen LogP contribution in [0.1, 0.15) is 21.5 Å². The number of amides is 2. The van der Waals surface area contributed by atoms with E-state index in [1.807, 2.05) is 42.5 Å². The van der Waals surface area contributed by atoms with Crippen LogP contribution in [0.4, 0.5) is 5.69 Å². The van der Waals surface area contributed by atoms with Crippen LogP contribution in [0.3, 0.4) is 0 Å². The van der Waals surface area contributed by atoms with Crippen LogP contribution < -0.4 is 15.4 Å². The number of carbonyl (C=O) groups is 2. The predicted molar refractivity (Wildman–Crippen MR) is 110 cm³/mol. The van der Waals surface area contributed by atoms with Crippen LogP contribution in [-0.4, -0.2) is 25.5 Å². The molecule has 0 atom stereocenters. The third-order valence-corrected chi connectivity index (χ3v) is 4.23. The van der Waals surface area contributed by atoms with E-state index in [0.717, 1.165) is 12.0 Å². The van der Waals surface area contributed by atoms with E-state index in [9.17, 15) is 9.59 Å². The Morgan fingerprint density at radius 1 is 0.857 bits per heavy atom. The van der Waals surface area contributed by atoms with Crippen LogP contribution in [0, 0.1) is 0 Å². The van der Waals surface area contributed by atoms with Gasteiger partial charge >= 0.3 is 0 Å². The summed E-state index contributed by atoms with van der Waals surface area (Å²) in [5.74, 6) is 0.259. The Kier molecular flexibility index (Phi) is 6.41. The first-order valence-corrected chi connectivity index (χ1v) is 9.02. The zero-order valence-corrected chi connectivity index (χ0v) is 15.6. The number of hydrogen-bond donors (Lipinski definition) is 2. The number of carbonyl (C=O) groups excluding carboxylic acids is 2.